The molecule has 0 aliphatic carbocycles. The Hall–Kier alpha value is -3.86. The zero-order chi connectivity index (χ0) is 25.9. The summed E-state index contributed by atoms with van der Waals surface area (Å²) < 4.78 is 51.2. The number of rotatable bonds is 9. The molecule has 11 heteroatoms. The van der Waals surface area contributed by atoms with Crippen LogP contribution in [0.4, 0.5) is 13.2 Å². The number of nitrogens with zero attached hydrogens (tertiary/aromatic N) is 2. The second-order valence-corrected chi connectivity index (χ2v) is 8.66. The Morgan fingerprint density at radius 3 is 2.64 bits per heavy atom. The number of oxime groups is 1. The van der Waals surface area contributed by atoms with Gasteiger partial charge in [-0.25, -0.2) is 0 Å². The molecule has 0 saturated carbocycles. The van der Waals surface area contributed by atoms with E-state index in [1.165, 1.54) is 29.7 Å². The lowest BCUT2D eigenvalue weighted by Gasteiger charge is -2.09. The molecule has 0 saturated heterocycles. The predicted molar refractivity (Wildman–Crippen MR) is 128 cm³/mol. The van der Waals surface area contributed by atoms with Gasteiger partial charge in [-0.15, -0.1) is 11.3 Å². The van der Waals surface area contributed by atoms with Crippen molar-refractivity contribution in [2.45, 2.75) is 33.1 Å². The Kier molecular flexibility index (Phi) is 7.30. The molecule has 0 unspecified atom stereocenters. The average molecular weight is 519 g/mol. The highest BCUT2D eigenvalue weighted by Gasteiger charge is 2.30. The van der Waals surface area contributed by atoms with E-state index in [1.54, 1.807) is 13.0 Å². The predicted octanol–water partition coefficient (Wildman–Crippen LogP) is 6.46. The molecule has 0 aliphatic heterocycles. The number of thiophene rings is 1. The molecular formula is C25H21F3N2O5S. The number of hydrogen-bond donors (Lipinski definition) is 1. The summed E-state index contributed by atoms with van der Waals surface area (Å²) in [4.78, 5) is 16.2. The quantitative estimate of drug-likeness (QED) is 0.202. The topological polar surface area (TPSA) is 94.2 Å². The van der Waals surface area contributed by atoms with Crippen molar-refractivity contribution in [2.24, 2.45) is 5.16 Å². The fraction of sp³-hybridized carbons (Fsp3) is 0.240. The Morgan fingerprint density at radius 2 is 1.97 bits per heavy atom. The highest BCUT2D eigenvalue weighted by Crippen LogP contribution is 2.36. The van der Waals surface area contributed by atoms with Gasteiger partial charge in [-0.05, 0) is 54.4 Å². The number of fused-ring (bicyclic) bond motifs is 1. The number of carboxylic acids is 1. The normalized spacial score (nSPS) is 11.9. The number of benzene rings is 2. The van der Waals surface area contributed by atoms with E-state index in [-0.39, 0.29) is 18.8 Å². The average Bonchev–Trinajstić information content (AvgIpc) is 3.42. The molecule has 4 rings (SSSR count). The third-order valence-corrected chi connectivity index (χ3v) is 6.55. The molecule has 188 valence electrons. The van der Waals surface area contributed by atoms with Gasteiger partial charge in [0, 0.05) is 15.8 Å². The lowest BCUT2D eigenvalue weighted by Crippen LogP contribution is -2.04. The van der Waals surface area contributed by atoms with E-state index < -0.39 is 17.7 Å². The third-order valence-electron chi connectivity index (χ3n) is 5.39. The van der Waals surface area contributed by atoms with E-state index in [2.05, 4.69) is 10.3 Å². The summed E-state index contributed by atoms with van der Waals surface area (Å²) in [6, 6.07) is 8.12. The molecule has 0 aliphatic rings. The van der Waals surface area contributed by atoms with E-state index in [9.17, 15) is 18.0 Å². The summed E-state index contributed by atoms with van der Waals surface area (Å²) in [5, 5.41) is 19.7. The molecule has 0 spiro atoms. The molecule has 0 atom stereocenters. The summed E-state index contributed by atoms with van der Waals surface area (Å²) in [5.74, 6) is -0.0867. The first-order valence-corrected chi connectivity index (χ1v) is 11.7. The molecule has 7 nitrogen and oxygen atoms in total. The summed E-state index contributed by atoms with van der Waals surface area (Å²) in [6.07, 6.45) is -3.12. The zero-order valence-corrected chi connectivity index (χ0v) is 20.1. The first kappa shape index (κ1) is 25.2. The molecule has 2 aromatic heterocycles. The van der Waals surface area contributed by atoms with Crippen molar-refractivity contribution >= 4 is 33.6 Å². The number of aliphatic carboxylic acids is 1. The number of aryl methyl sites for hydroxylation is 1. The SMILES string of the molecule is CCON=Cc1c(COc2ccc3c(CC(=O)O)csc3c2C)noc1-c1ccc(C(F)(F)F)cc1. The minimum Gasteiger partial charge on any atom is -0.487 e. The fourth-order valence-electron chi connectivity index (χ4n) is 3.62. The molecule has 36 heavy (non-hydrogen) atoms. The van der Waals surface area contributed by atoms with Gasteiger partial charge in [0.05, 0.1) is 23.8 Å². The lowest BCUT2D eigenvalue weighted by molar-refractivity contribution is -0.138. The van der Waals surface area contributed by atoms with Crippen LogP contribution in [0.1, 0.15) is 34.9 Å². The van der Waals surface area contributed by atoms with Gasteiger partial charge in [-0.3, -0.25) is 4.79 Å². The van der Waals surface area contributed by atoms with Gasteiger partial charge in [-0.1, -0.05) is 22.4 Å². The number of carbonyl (C=O) groups is 1. The van der Waals surface area contributed by atoms with Gasteiger partial charge >= 0.3 is 12.1 Å². The lowest BCUT2D eigenvalue weighted by atomic mass is 10.1. The first-order valence-electron chi connectivity index (χ1n) is 10.8. The zero-order valence-electron chi connectivity index (χ0n) is 19.3. The molecule has 0 radical (unpaired) electrons. The van der Waals surface area contributed by atoms with Crippen LogP contribution in [0.2, 0.25) is 0 Å². The summed E-state index contributed by atoms with van der Waals surface area (Å²) >= 11 is 1.44. The fourth-order valence-corrected chi connectivity index (χ4v) is 4.70. The molecule has 2 aromatic carbocycles. The molecule has 0 fully saturated rings. The summed E-state index contributed by atoms with van der Waals surface area (Å²) in [6.45, 7) is 3.97. The Bertz CT molecular complexity index is 1410. The summed E-state index contributed by atoms with van der Waals surface area (Å²) in [5.41, 5.74) is 2.01. The van der Waals surface area contributed by atoms with Crippen LogP contribution in [0.5, 0.6) is 5.75 Å². The molecule has 0 amide bonds. The first-order chi connectivity index (χ1) is 17.2. The van der Waals surface area contributed by atoms with Gasteiger partial charge in [0.2, 0.25) is 0 Å². The number of alkyl halides is 3. The van der Waals surface area contributed by atoms with Gasteiger partial charge in [-0.2, -0.15) is 13.2 Å². The van der Waals surface area contributed by atoms with Crippen molar-refractivity contribution in [3.8, 4) is 17.1 Å². The Labute approximate surface area is 207 Å². The number of carboxylic acid groups (broad SMARTS) is 1. The second kappa shape index (κ2) is 10.4. The standard InChI is InChI=1S/C25H21F3N2O5S/c1-3-34-29-11-19-20(30-35-23(19)15-4-6-17(7-5-15)25(26,27)28)12-33-21-9-8-18-16(10-22(31)32)13-36-24(18)14(21)2/h4-9,11,13H,3,10,12H2,1-2H3,(H,31,32). The van der Waals surface area contributed by atoms with Crippen molar-refractivity contribution < 1.29 is 37.2 Å². The van der Waals surface area contributed by atoms with Crippen LogP contribution < -0.4 is 4.74 Å². The Morgan fingerprint density at radius 1 is 1.22 bits per heavy atom. The molecule has 1 N–H and O–H groups in total. The highest BCUT2D eigenvalue weighted by atomic mass is 32.1. The molecule has 2 heterocycles. The van der Waals surface area contributed by atoms with Crippen LogP contribution in [0.25, 0.3) is 21.4 Å². The Balaban J connectivity index is 1.61. The van der Waals surface area contributed by atoms with E-state index >= 15 is 0 Å². The highest BCUT2D eigenvalue weighted by molar-refractivity contribution is 7.17. The van der Waals surface area contributed by atoms with Crippen LogP contribution in [0.3, 0.4) is 0 Å². The van der Waals surface area contributed by atoms with Crippen molar-refractivity contribution in [3.05, 3.63) is 69.7 Å². The second-order valence-electron chi connectivity index (χ2n) is 7.78. The van der Waals surface area contributed by atoms with Crippen molar-refractivity contribution in [2.75, 3.05) is 6.61 Å². The number of aromatic nitrogens is 1. The third kappa shape index (κ3) is 5.35. The monoisotopic (exact) mass is 518 g/mol. The minimum atomic E-state index is -4.45. The van der Waals surface area contributed by atoms with Crippen molar-refractivity contribution in [1.82, 2.24) is 5.16 Å². The van der Waals surface area contributed by atoms with Crippen LogP contribution in [0, 0.1) is 6.92 Å². The maximum Gasteiger partial charge on any atom is 0.416 e. The van der Waals surface area contributed by atoms with Gasteiger partial charge in [0.15, 0.2) is 5.76 Å². The minimum absolute atomic E-state index is 0.00266. The van der Waals surface area contributed by atoms with Gasteiger partial charge in [0.25, 0.3) is 0 Å². The van der Waals surface area contributed by atoms with E-state index in [4.69, 9.17) is 19.2 Å². The molecular weight excluding hydrogens is 497 g/mol. The van der Waals surface area contributed by atoms with Crippen LogP contribution in [-0.2, 0) is 28.8 Å². The maximum absolute atomic E-state index is 12.9. The number of halogens is 3. The van der Waals surface area contributed by atoms with E-state index in [0.717, 1.165) is 33.3 Å². The van der Waals surface area contributed by atoms with Gasteiger partial charge in [0.1, 0.15) is 24.7 Å². The van der Waals surface area contributed by atoms with E-state index in [0.29, 0.717) is 29.2 Å². The maximum atomic E-state index is 12.9. The molecule has 4 aromatic rings. The van der Waals surface area contributed by atoms with Crippen LogP contribution in [-0.4, -0.2) is 29.1 Å². The largest absolute Gasteiger partial charge is 0.487 e. The smallest absolute Gasteiger partial charge is 0.416 e. The molecule has 0 bridgehead atoms. The van der Waals surface area contributed by atoms with Crippen molar-refractivity contribution in [1.29, 1.82) is 0 Å². The number of ether oxygens (including phenoxy) is 1. The van der Waals surface area contributed by atoms with Crippen molar-refractivity contribution in [3.63, 3.8) is 0 Å². The van der Waals surface area contributed by atoms with E-state index in [1.807, 2.05) is 18.4 Å². The van der Waals surface area contributed by atoms with Crippen LogP contribution >= 0.6 is 11.3 Å². The van der Waals surface area contributed by atoms with Crippen LogP contribution in [0.15, 0.2) is 51.5 Å². The summed E-state index contributed by atoms with van der Waals surface area (Å²) in [7, 11) is 0. The number of hydrogen-bond acceptors (Lipinski definition) is 7. The van der Waals surface area contributed by atoms with Gasteiger partial charge < -0.3 is 19.2 Å².